The third-order valence-corrected chi connectivity index (χ3v) is 8.67. The van der Waals surface area contributed by atoms with Crippen molar-refractivity contribution in [2.75, 3.05) is 10.6 Å². The molecule has 0 bridgehead atoms. The van der Waals surface area contributed by atoms with Gasteiger partial charge in [-0.15, -0.1) is 0 Å². The van der Waals surface area contributed by atoms with Gasteiger partial charge in [-0.25, -0.2) is 4.98 Å². The monoisotopic (exact) mass is 501 g/mol. The second-order valence-corrected chi connectivity index (χ2v) is 11.3. The van der Waals surface area contributed by atoms with E-state index in [2.05, 4.69) is 27.0 Å². The first kappa shape index (κ1) is 23.9. The van der Waals surface area contributed by atoms with Crippen molar-refractivity contribution in [3.8, 4) is 0 Å². The van der Waals surface area contributed by atoms with E-state index in [0.717, 1.165) is 55.1 Å². The fourth-order valence-electron chi connectivity index (χ4n) is 6.28. The first-order valence-corrected chi connectivity index (χ1v) is 13.7. The highest BCUT2D eigenvalue weighted by molar-refractivity contribution is 6.06. The van der Waals surface area contributed by atoms with Gasteiger partial charge in [0.2, 0.25) is 11.8 Å². The van der Waals surface area contributed by atoms with Gasteiger partial charge in [0.15, 0.2) is 0 Å². The standard InChI is InChI=1S/C29H35N5O3/c35-26-10-9-24(27(36)32-26)34-18-22-21(28(34)37)4-3-5-23(22)33-29(14-11-19-7-8-19)15-12-20(13-16-29)31-25-6-1-2-17-30-25/h1-6,17,19-20,24,33H,7-16,18H2,(H,30,31)(H,32,35,36). The molecule has 6 rings (SSSR count). The van der Waals surface area contributed by atoms with Crippen molar-refractivity contribution in [2.45, 2.75) is 88.4 Å². The average molecular weight is 502 g/mol. The molecule has 0 radical (unpaired) electrons. The fraction of sp³-hybridized carbons (Fsp3) is 0.517. The maximum Gasteiger partial charge on any atom is 0.255 e. The summed E-state index contributed by atoms with van der Waals surface area (Å²) in [5.41, 5.74) is 2.63. The van der Waals surface area contributed by atoms with Crippen molar-refractivity contribution in [3.63, 3.8) is 0 Å². The number of pyridine rings is 1. The normalized spacial score (nSPS) is 27.6. The Kier molecular flexibility index (Phi) is 6.34. The topological polar surface area (TPSA) is 103 Å². The third-order valence-electron chi connectivity index (χ3n) is 8.67. The summed E-state index contributed by atoms with van der Waals surface area (Å²) in [5, 5.41) is 9.95. The number of nitrogens with one attached hydrogen (secondary N) is 3. The molecule has 1 aromatic heterocycles. The molecule has 3 heterocycles. The predicted octanol–water partition coefficient (Wildman–Crippen LogP) is 4.24. The Hall–Kier alpha value is -3.42. The van der Waals surface area contributed by atoms with Crippen molar-refractivity contribution >= 4 is 29.2 Å². The van der Waals surface area contributed by atoms with Crippen LogP contribution >= 0.6 is 0 Å². The van der Waals surface area contributed by atoms with Gasteiger partial charge in [0, 0.05) is 47.6 Å². The number of hydrogen-bond donors (Lipinski definition) is 3. The van der Waals surface area contributed by atoms with E-state index in [9.17, 15) is 14.4 Å². The molecule has 8 nitrogen and oxygen atoms in total. The minimum absolute atomic E-state index is 0.00882. The second-order valence-electron chi connectivity index (χ2n) is 11.3. The van der Waals surface area contributed by atoms with Gasteiger partial charge >= 0.3 is 0 Å². The third kappa shape index (κ3) is 5.06. The number of piperidine rings is 1. The fourth-order valence-corrected chi connectivity index (χ4v) is 6.28. The van der Waals surface area contributed by atoms with Crippen LogP contribution in [-0.4, -0.2) is 45.2 Å². The zero-order chi connectivity index (χ0) is 25.4. The minimum atomic E-state index is -0.595. The van der Waals surface area contributed by atoms with Crippen LogP contribution in [0.25, 0.3) is 0 Å². The number of amides is 3. The Bertz CT molecular complexity index is 1190. The van der Waals surface area contributed by atoms with E-state index in [1.54, 1.807) is 4.90 Å². The molecule has 1 saturated heterocycles. The molecule has 2 saturated carbocycles. The van der Waals surface area contributed by atoms with Gasteiger partial charge in [-0.3, -0.25) is 19.7 Å². The van der Waals surface area contributed by atoms with E-state index in [1.807, 2.05) is 36.5 Å². The van der Waals surface area contributed by atoms with E-state index < -0.39 is 6.04 Å². The minimum Gasteiger partial charge on any atom is -0.379 e. The van der Waals surface area contributed by atoms with Crippen LogP contribution in [0, 0.1) is 5.92 Å². The summed E-state index contributed by atoms with van der Waals surface area (Å²) in [6.07, 6.45) is 11.7. The number of imide groups is 1. The molecule has 2 aliphatic heterocycles. The number of nitrogens with zero attached hydrogens (tertiary/aromatic N) is 2. The zero-order valence-electron chi connectivity index (χ0n) is 21.2. The molecule has 4 aliphatic rings. The first-order valence-electron chi connectivity index (χ1n) is 13.7. The molecule has 2 aliphatic carbocycles. The summed E-state index contributed by atoms with van der Waals surface area (Å²) in [7, 11) is 0. The highest BCUT2D eigenvalue weighted by Crippen LogP contribution is 2.43. The highest BCUT2D eigenvalue weighted by atomic mass is 16.2. The molecule has 3 fully saturated rings. The number of rotatable bonds is 8. The Labute approximate surface area is 217 Å². The second kappa shape index (κ2) is 9.80. The van der Waals surface area contributed by atoms with Crippen molar-refractivity contribution in [1.29, 1.82) is 0 Å². The number of fused-ring (bicyclic) bond motifs is 1. The van der Waals surface area contributed by atoms with Crippen LogP contribution in [-0.2, 0) is 16.1 Å². The number of hydrogen-bond acceptors (Lipinski definition) is 6. The van der Waals surface area contributed by atoms with Crippen molar-refractivity contribution in [1.82, 2.24) is 15.2 Å². The van der Waals surface area contributed by atoms with Gasteiger partial charge in [-0.2, -0.15) is 0 Å². The highest BCUT2D eigenvalue weighted by Gasteiger charge is 2.42. The van der Waals surface area contributed by atoms with Crippen LogP contribution < -0.4 is 16.0 Å². The van der Waals surface area contributed by atoms with Gasteiger partial charge < -0.3 is 15.5 Å². The van der Waals surface area contributed by atoms with E-state index in [4.69, 9.17) is 0 Å². The number of carbonyl (C=O) groups excluding carboxylic acids is 3. The predicted molar refractivity (Wildman–Crippen MR) is 141 cm³/mol. The molecule has 3 amide bonds. The van der Waals surface area contributed by atoms with E-state index in [1.165, 1.54) is 19.3 Å². The summed E-state index contributed by atoms with van der Waals surface area (Å²) >= 11 is 0. The van der Waals surface area contributed by atoms with E-state index in [-0.39, 0.29) is 29.7 Å². The molecule has 37 heavy (non-hydrogen) atoms. The zero-order valence-corrected chi connectivity index (χ0v) is 21.2. The number of benzene rings is 1. The van der Waals surface area contributed by atoms with Crippen LogP contribution in [0.4, 0.5) is 11.5 Å². The Morgan fingerprint density at radius 2 is 1.84 bits per heavy atom. The van der Waals surface area contributed by atoms with Gasteiger partial charge in [0.1, 0.15) is 11.9 Å². The first-order chi connectivity index (χ1) is 18.0. The SMILES string of the molecule is O=C1CCC(N2Cc3c(NC4(CCC5CC5)CCC(Nc5ccccn5)CC4)cccc3C2=O)C(=O)N1. The van der Waals surface area contributed by atoms with Crippen molar-refractivity contribution in [3.05, 3.63) is 53.7 Å². The maximum absolute atomic E-state index is 13.3. The van der Waals surface area contributed by atoms with Crippen LogP contribution in [0.2, 0.25) is 0 Å². The molecular weight excluding hydrogens is 466 g/mol. The van der Waals surface area contributed by atoms with Gasteiger partial charge in [0.05, 0.1) is 0 Å². The van der Waals surface area contributed by atoms with Gasteiger partial charge in [-0.05, 0) is 75.1 Å². The number of anilines is 2. The van der Waals surface area contributed by atoms with E-state index >= 15 is 0 Å². The summed E-state index contributed by atoms with van der Waals surface area (Å²) < 4.78 is 0. The molecule has 1 atom stereocenters. The summed E-state index contributed by atoms with van der Waals surface area (Å²) in [6.45, 7) is 0.395. The maximum atomic E-state index is 13.3. The van der Waals surface area contributed by atoms with Crippen LogP contribution in [0.3, 0.4) is 0 Å². The van der Waals surface area contributed by atoms with Gasteiger partial charge in [0.25, 0.3) is 5.91 Å². The van der Waals surface area contributed by atoms with Crippen LogP contribution in [0.1, 0.15) is 80.1 Å². The van der Waals surface area contributed by atoms with Crippen LogP contribution in [0.15, 0.2) is 42.6 Å². The molecule has 2 aromatic rings. The summed E-state index contributed by atoms with van der Waals surface area (Å²) in [5.74, 6) is 1.03. The van der Waals surface area contributed by atoms with Crippen LogP contribution in [0.5, 0.6) is 0 Å². The lowest BCUT2D eigenvalue weighted by Crippen LogP contribution is -2.52. The number of aromatic nitrogens is 1. The van der Waals surface area contributed by atoms with Gasteiger partial charge in [-0.1, -0.05) is 25.0 Å². The van der Waals surface area contributed by atoms with Crippen molar-refractivity contribution in [2.24, 2.45) is 5.92 Å². The summed E-state index contributed by atoms with van der Waals surface area (Å²) in [6, 6.07) is 11.6. The summed E-state index contributed by atoms with van der Waals surface area (Å²) in [4.78, 5) is 43.5. The Balaban J connectivity index is 1.19. The number of carbonyl (C=O) groups is 3. The van der Waals surface area contributed by atoms with Crippen molar-refractivity contribution < 1.29 is 14.4 Å². The largest absolute Gasteiger partial charge is 0.379 e. The lowest BCUT2D eigenvalue weighted by molar-refractivity contribution is -0.136. The smallest absolute Gasteiger partial charge is 0.255 e. The van der Waals surface area contributed by atoms with E-state index in [0.29, 0.717) is 24.6 Å². The molecule has 3 N–H and O–H groups in total. The quantitative estimate of drug-likeness (QED) is 0.468. The molecular formula is C29H35N5O3. The average Bonchev–Trinajstić information content (AvgIpc) is 3.68. The molecule has 194 valence electrons. The Morgan fingerprint density at radius 3 is 2.57 bits per heavy atom. The molecule has 8 heteroatoms. The molecule has 0 spiro atoms. The lowest BCUT2D eigenvalue weighted by Gasteiger charge is -2.42. The lowest BCUT2D eigenvalue weighted by atomic mass is 9.75. The molecule has 1 aromatic carbocycles. The molecule has 1 unspecified atom stereocenters. The Morgan fingerprint density at radius 1 is 1.00 bits per heavy atom.